The molecule has 1 aromatic carbocycles. The maximum atomic E-state index is 12.5. The molecule has 4 nitrogen and oxygen atoms in total. The number of nitrogens with zero attached hydrogens (tertiary/aromatic N) is 1. The number of carbonyl (C=O) groups excluding carboxylic acids is 2. The Morgan fingerprint density at radius 1 is 1.21 bits per heavy atom. The minimum Gasteiger partial charge on any atom is -0.326 e. The van der Waals surface area contributed by atoms with E-state index in [4.69, 9.17) is 12.2 Å². The molecule has 0 aliphatic carbocycles. The molecule has 1 fully saturated rings. The highest BCUT2D eigenvalue weighted by molar-refractivity contribution is 7.80. The lowest BCUT2D eigenvalue weighted by Crippen LogP contribution is -2.55. The van der Waals surface area contributed by atoms with E-state index in [9.17, 15) is 9.59 Å². The molecule has 0 radical (unpaired) electrons. The summed E-state index contributed by atoms with van der Waals surface area (Å²) < 4.78 is 0. The summed E-state index contributed by atoms with van der Waals surface area (Å²) in [5.74, 6) is -0.196. The lowest BCUT2D eigenvalue weighted by molar-refractivity contribution is -0.125. The van der Waals surface area contributed by atoms with E-state index in [1.54, 1.807) is 4.90 Å². The van der Waals surface area contributed by atoms with Gasteiger partial charge in [-0.25, -0.2) is 0 Å². The van der Waals surface area contributed by atoms with Crippen LogP contribution in [-0.4, -0.2) is 34.3 Å². The molecule has 1 atom stereocenters. The average molecular weight is 274 g/mol. The number of piperidine rings is 1. The molecule has 0 saturated carbocycles. The topological polar surface area (TPSA) is 49.4 Å². The zero-order valence-corrected chi connectivity index (χ0v) is 11.2. The number of benzene rings is 1. The molecule has 98 valence electrons. The Morgan fingerprint density at radius 3 is 2.79 bits per heavy atom. The first kappa shape index (κ1) is 12.3. The Bertz CT molecular complexity index is 570. The van der Waals surface area contributed by atoms with Gasteiger partial charge < -0.3 is 10.2 Å². The summed E-state index contributed by atoms with van der Waals surface area (Å²) in [6, 6.07) is 7.21. The summed E-state index contributed by atoms with van der Waals surface area (Å²) in [4.78, 5) is 26.7. The van der Waals surface area contributed by atoms with Gasteiger partial charge in [0, 0.05) is 18.5 Å². The van der Waals surface area contributed by atoms with Gasteiger partial charge in [-0.2, -0.15) is 0 Å². The molecule has 0 bridgehead atoms. The van der Waals surface area contributed by atoms with Crippen LogP contribution in [-0.2, 0) is 11.2 Å². The highest BCUT2D eigenvalue weighted by Crippen LogP contribution is 2.23. The number of hydrogen-bond acceptors (Lipinski definition) is 3. The van der Waals surface area contributed by atoms with Gasteiger partial charge in [-0.3, -0.25) is 9.59 Å². The standard InChI is InChI=1S/C14H14N2O2S/c17-13-11(5-6-12(19)15-13)16-8-7-9-3-1-2-4-10(9)14(16)18/h1-4,11H,5-8H2,(H,15,17,19). The van der Waals surface area contributed by atoms with E-state index < -0.39 is 0 Å². The van der Waals surface area contributed by atoms with Crippen molar-refractivity contribution < 1.29 is 9.59 Å². The second-order valence-corrected chi connectivity index (χ2v) is 5.37. The number of amides is 2. The molecule has 2 aliphatic heterocycles. The molecular weight excluding hydrogens is 260 g/mol. The summed E-state index contributed by atoms with van der Waals surface area (Å²) in [5, 5.41) is 2.67. The summed E-state index contributed by atoms with van der Waals surface area (Å²) in [6.07, 6.45) is 2.09. The number of fused-ring (bicyclic) bond motifs is 1. The van der Waals surface area contributed by atoms with Gasteiger partial charge in [-0.1, -0.05) is 30.4 Å². The van der Waals surface area contributed by atoms with Crippen LogP contribution < -0.4 is 5.32 Å². The molecule has 19 heavy (non-hydrogen) atoms. The van der Waals surface area contributed by atoms with Crippen LogP contribution in [0.5, 0.6) is 0 Å². The van der Waals surface area contributed by atoms with Crippen molar-refractivity contribution in [3.05, 3.63) is 35.4 Å². The number of carbonyl (C=O) groups is 2. The Labute approximate surface area is 116 Å². The second kappa shape index (κ2) is 4.74. The number of thiocarbonyl (C=S) groups is 1. The Balaban J connectivity index is 1.86. The Hall–Kier alpha value is -1.75. The average Bonchev–Trinajstić information content (AvgIpc) is 2.41. The maximum Gasteiger partial charge on any atom is 0.254 e. The van der Waals surface area contributed by atoms with Gasteiger partial charge in [-0.15, -0.1) is 0 Å². The molecule has 1 N–H and O–H groups in total. The highest BCUT2D eigenvalue weighted by Gasteiger charge is 2.36. The molecule has 1 aromatic rings. The molecule has 2 aliphatic rings. The summed E-state index contributed by atoms with van der Waals surface area (Å²) >= 11 is 4.99. The molecular formula is C14H14N2O2S. The lowest BCUT2D eigenvalue weighted by atomic mass is 9.95. The van der Waals surface area contributed by atoms with E-state index in [2.05, 4.69) is 5.32 Å². The molecule has 0 aromatic heterocycles. The molecule has 1 unspecified atom stereocenters. The SMILES string of the molecule is O=C1NC(=S)CCC1N1CCc2ccccc2C1=O. The fourth-order valence-electron chi connectivity index (χ4n) is 2.72. The van der Waals surface area contributed by atoms with Crippen LogP contribution >= 0.6 is 12.2 Å². The van der Waals surface area contributed by atoms with Crippen molar-refractivity contribution in [3.63, 3.8) is 0 Å². The molecule has 2 heterocycles. The fraction of sp³-hybridized carbons (Fsp3) is 0.357. The number of hydrogen-bond donors (Lipinski definition) is 1. The van der Waals surface area contributed by atoms with E-state index in [-0.39, 0.29) is 17.9 Å². The minimum absolute atomic E-state index is 0.0465. The summed E-state index contributed by atoms with van der Waals surface area (Å²) in [7, 11) is 0. The van der Waals surface area contributed by atoms with Crippen molar-refractivity contribution in [2.45, 2.75) is 25.3 Å². The maximum absolute atomic E-state index is 12.5. The van der Waals surface area contributed by atoms with E-state index >= 15 is 0 Å². The van der Waals surface area contributed by atoms with Crippen molar-refractivity contribution in [1.29, 1.82) is 0 Å². The van der Waals surface area contributed by atoms with Gasteiger partial charge in [0.05, 0.1) is 4.99 Å². The fourth-order valence-corrected chi connectivity index (χ4v) is 2.94. The summed E-state index contributed by atoms with van der Waals surface area (Å²) in [6.45, 7) is 0.598. The van der Waals surface area contributed by atoms with Gasteiger partial charge >= 0.3 is 0 Å². The second-order valence-electron chi connectivity index (χ2n) is 4.87. The van der Waals surface area contributed by atoms with Crippen molar-refractivity contribution in [3.8, 4) is 0 Å². The van der Waals surface area contributed by atoms with Crippen LogP contribution in [0.2, 0.25) is 0 Å². The van der Waals surface area contributed by atoms with Crippen molar-refractivity contribution in [2.75, 3.05) is 6.54 Å². The molecule has 1 saturated heterocycles. The third-order valence-corrected chi connectivity index (χ3v) is 4.02. The van der Waals surface area contributed by atoms with Gasteiger partial charge in [0.15, 0.2) is 0 Å². The van der Waals surface area contributed by atoms with E-state index in [0.717, 1.165) is 17.5 Å². The predicted molar refractivity (Wildman–Crippen MR) is 74.9 cm³/mol. The lowest BCUT2D eigenvalue weighted by Gasteiger charge is -2.36. The molecule has 2 amide bonds. The van der Waals surface area contributed by atoms with Crippen molar-refractivity contribution in [1.82, 2.24) is 10.2 Å². The first-order valence-corrected chi connectivity index (χ1v) is 6.80. The van der Waals surface area contributed by atoms with Gasteiger partial charge in [0.1, 0.15) is 6.04 Å². The molecule has 5 heteroatoms. The monoisotopic (exact) mass is 274 g/mol. The van der Waals surface area contributed by atoms with Gasteiger partial charge in [0.25, 0.3) is 5.91 Å². The zero-order valence-electron chi connectivity index (χ0n) is 10.4. The third kappa shape index (κ3) is 2.14. The van der Waals surface area contributed by atoms with Crippen LogP contribution in [0.4, 0.5) is 0 Å². The quantitative estimate of drug-likeness (QED) is 0.785. The van der Waals surface area contributed by atoms with Crippen LogP contribution in [0.15, 0.2) is 24.3 Å². The highest BCUT2D eigenvalue weighted by atomic mass is 32.1. The normalized spacial score (nSPS) is 23.1. The van der Waals surface area contributed by atoms with Gasteiger partial charge in [-0.05, 0) is 24.5 Å². The first-order valence-electron chi connectivity index (χ1n) is 6.39. The van der Waals surface area contributed by atoms with Crippen LogP contribution in [0.3, 0.4) is 0 Å². The van der Waals surface area contributed by atoms with E-state index in [0.29, 0.717) is 24.4 Å². The van der Waals surface area contributed by atoms with Crippen molar-refractivity contribution >= 4 is 29.0 Å². The molecule has 3 rings (SSSR count). The van der Waals surface area contributed by atoms with Crippen molar-refractivity contribution in [2.24, 2.45) is 0 Å². The minimum atomic E-state index is -0.382. The third-order valence-electron chi connectivity index (χ3n) is 3.72. The zero-order chi connectivity index (χ0) is 13.4. The first-order chi connectivity index (χ1) is 9.16. The van der Waals surface area contributed by atoms with E-state index in [1.807, 2.05) is 24.3 Å². The van der Waals surface area contributed by atoms with E-state index in [1.165, 1.54) is 0 Å². The number of rotatable bonds is 1. The van der Waals surface area contributed by atoms with Gasteiger partial charge in [0.2, 0.25) is 5.91 Å². The summed E-state index contributed by atoms with van der Waals surface area (Å²) in [5.41, 5.74) is 1.78. The largest absolute Gasteiger partial charge is 0.326 e. The Morgan fingerprint density at radius 2 is 2.00 bits per heavy atom. The Kier molecular flexibility index (Phi) is 3.06. The van der Waals surface area contributed by atoms with Crippen LogP contribution in [0, 0.1) is 0 Å². The molecule has 0 spiro atoms. The predicted octanol–water partition coefficient (Wildman–Crippen LogP) is 1.29. The smallest absolute Gasteiger partial charge is 0.254 e. The number of nitrogens with one attached hydrogen (secondary N) is 1. The van der Waals surface area contributed by atoms with Crippen LogP contribution in [0.25, 0.3) is 0 Å². The van der Waals surface area contributed by atoms with Crippen LogP contribution in [0.1, 0.15) is 28.8 Å².